The molecule has 0 aromatic heterocycles. The molecule has 246 valence electrons. The molecule has 44 heavy (non-hydrogen) atoms. The number of ether oxygens (including phenoxy) is 2. The second-order valence-corrected chi connectivity index (χ2v) is 16.4. The van der Waals surface area contributed by atoms with Gasteiger partial charge in [0.05, 0.1) is 18.7 Å². The van der Waals surface area contributed by atoms with Crippen LogP contribution in [-0.2, 0) is 14.9 Å². The van der Waals surface area contributed by atoms with Crippen LogP contribution in [0.25, 0.3) is 0 Å². The van der Waals surface area contributed by atoms with Crippen LogP contribution in [0.3, 0.4) is 0 Å². The minimum atomic E-state index is -0.328. The normalized spacial score (nSPS) is 28.7. The van der Waals surface area contributed by atoms with Gasteiger partial charge in [0.15, 0.2) is 0 Å². The molecule has 6 atom stereocenters. The summed E-state index contributed by atoms with van der Waals surface area (Å²) >= 11 is 7.76. The zero-order chi connectivity index (χ0) is 31.5. The Labute approximate surface area is 273 Å². The smallest absolute Gasteiger partial charge is 0.315 e. The van der Waals surface area contributed by atoms with E-state index >= 15 is 0 Å². The van der Waals surface area contributed by atoms with Crippen molar-refractivity contribution >= 4 is 35.4 Å². The van der Waals surface area contributed by atoms with Gasteiger partial charge in [-0.2, -0.15) is 11.8 Å². The molecule has 0 spiro atoms. The van der Waals surface area contributed by atoms with Crippen LogP contribution in [0.4, 0.5) is 4.79 Å². The number of hydrogen-bond donors (Lipinski definition) is 3. The summed E-state index contributed by atoms with van der Waals surface area (Å²) in [5, 5.41) is 17.9. The van der Waals surface area contributed by atoms with Crippen molar-refractivity contribution in [3.05, 3.63) is 23.3 Å². The van der Waals surface area contributed by atoms with E-state index in [2.05, 4.69) is 44.4 Å². The zero-order valence-electron chi connectivity index (χ0n) is 27.1. The third-order valence-electron chi connectivity index (χ3n) is 10.7. The number of thioether (sulfide) groups is 1. The van der Waals surface area contributed by atoms with Gasteiger partial charge < -0.3 is 25.2 Å². The number of urea groups is 1. The number of esters is 1. The van der Waals surface area contributed by atoms with E-state index in [-0.39, 0.29) is 46.9 Å². The Kier molecular flexibility index (Phi) is 10.9. The first-order valence-corrected chi connectivity index (χ1v) is 18.5. The highest BCUT2D eigenvalue weighted by Gasteiger charge is 2.48. The topological polar surface area (TPSA) is 96.9 Å². The highest BCUT2D eigenvalue weighted by atomic mass is 35.5. The van der Waals surface area contributed by atoms with Crippen LogP contribution < -0.4 is 15.4 Å². The first-order valence-electron chi connectivity index (χ1n) is 16.9. The SMILES string of the molecule is CC(C)(CCCCCCCl)c1cc(O)c2c(c1)OC(C)(C)[C@@H]1CC[C@@H](COC(=O)CCCC[C@@H]3SC[C@@H]4NC(=O)N[C@@H]43)C[C@@H]21. The lowest BCUT2D eigenvalue weighted by molar-refractivity contribution is -0.146. The number of amides is 2. The number of alkyl halides is 1. The molecule has 2 amide bonds. The summed E-state index contributed by atoms with van der Waals surface area (Å²) in [5.74, 6) is 3.48. The maximum absolute atomic E-state index is 12.6. The van der Waals surface area contributed by atoms with Gasteiger partial charge >= 0.3 is 12.0 Å². The van der Waals surface area contributed by atoms with Crippen LogP contribution >= 0.6 is 23.4 Å². The lowest BCUT2D eigenvalue weighted by atomic mass is 9.63. The van der Waals surface area contributed by atoms with E-state index in [0.29, 0.717) is 29.9 Å². The van der Waals surface area contributed by atoms with E-state index in [0.717, 1.165) is 92.7 Å². The van der Waals surface area contributed by atoms with Gasteiger partial charge in [-0.3, -0.25) is 4.79 Å². The standard InChI is InChI=1S/C35H53ClN2O5S/c1-34(2,15-9-5-6-10-16-36)23-18-27(39)31-24-17-22(13-14-25(24)35(3,4)43-28(31)19-23)20-42-30(40)12-8-7-11-29-32-26(21-44-29)37-33(41)38-32/h18-19,22,24-26,29,32,39H,5-17,20-21H2,1-4H3,(H2,37,38,41)/t22-,24-,25-,26+,29+,32+/m1/s1. The third kappa shape index (κ3) is 7.76. The van der Waals surface area contributed by atoms with Gasteiger partial charge in [0.1, 0.15) is 17.1 Å². The molecular formula is C35H53ClN2O5S. The molecular weight excluding hydrogens is 596 g/mol. The Hall–Kier alpha value is -1.80. The summed E-state index contributed by atoms with van der Waals surface area (Å²) in [6.07, 6.45) is 11.6. The van der Waals surface area contributed by atoms with Gasteiger partial charge in [-0.15, -0.1) is 11.6 Å². The fraction of sp³-hybridized carbons (Fsp3) is 0.771. The number of phenolic OH excluding ortho intramolecular Hbond substituents is 1. The van der Waals surface area contributed by atoms with Crippen molar-refractivity contribution in [2.24, 2.45) is 11.8 Å². The third-order valence-corrected chi connectivity index (χ3v) is 12.5. The van der Waals surface area contributed by atoms with Gasteiger partial charge in [-0.25, -0.2) is 4.79 Å². The maximum atomic E-state index is 12.6. The molecule has 0 unspecified atom stereocenters. The number of carbonyl (C=O) groups excluding carboxylic acids is 2. The fourth-order valence-electron chi connectivity index (χ4n) is 8.08. The molecule has 9 heteroatoms. The van der Waals surface area contributed by atoms with Crippen molar-refractivity contribution in [2.75, 3.05) is 18.2 Å². The van der Waals surface area contributed by atoms with Crippen molar-refractivity contribution in [1.29, 1.82) is 0 Å². The van der Waals surface area contributed by atoms with Crippen LogP contribution in [0.1, 0.15) is 122 Å². The lowest BCUT2D eigenvalue weighted by Crippen LogP contribution is -2.47. The van der Waals surface area contributed by atoms with Crippen molar-refractivity contribution in [2.45, 2.75) is 139 Å². The molecule has 3 fully saturated rings. The average molecular weight is 649 g/mol. The zero-order valence-corrected chi connectivity index (χ0v) is 28.7. The van der Waals surface area contributed by atoms with Gasteiger partial charge in [0, 0.05) is 34.8 Å². The first-order chi connectivity index (χ1) is 21.0. The predicted molar refractivity (Wildman–Crippen MR) is 178 cm³/mol. The highest BCUT2D eigenvalue weighted by molar-refractivity contribution is 8.00. The molecule has 4 aliphatic rings. The summed E-state index contributed by atoms with van der Waals surface area (Å²) in [7, 11) is 0. The number of nitrogens with one attached hydrogen (secondary N) is 2. The molecule has 1 aromatic carbocycles. The van der Waals surface area contributed by atoms with Crippen LogP contribution in [0, 0.1) is 11.8 Å². The molecule has 5 rings (SSSR count). The molecule has 0 bridgehead atoms. The molecule has 3 aliphatic heterocycles. The summed E-state index contributed by atoms with van der Waals surface area (Å²) in [5.41, 5.74) is 1.67. The van der Waals surface area contributed by atoms with E-state index < -0.39 is 0 Å². The number of carbonyl (C=O) groups is 2. The number of unbranched alkanes of at least 4 members (excludes halogenated alkanes) is 4. The van der Waals surface area contributed by atoms with E-state index in [1.54, 1.807) is 0 Å². The molecule has 1 aliphatic carbocycles. The van der Waals surface area contributed by atoms with Crippen LogP contribution in [0.5, 0.6) is 11.5 Å². The van der Waals surface area contributed by atoms with Crippen molar-refractivity contribution in [3.63, 3.8) is 0 Å². The van der Waals surface area contributed by atoms with E-state index in [1.807, 2.05) is 17.8 Å². The number of halogens is 1. The molecule has 1 aromatic rings. The molecule has 0 radical (unpaired) electrons. The van der Waals surface area contributed by atoms with Crippen molar-refractivity contribution in [3.8, 4) is 11.5 Å². The number of fused-ring (bicyclic) bond motifs is 4. The lowest BCUT2D eigenvalue weighted by Gasteiger charge is -2.49. The summed E-state index contributed by atoms with van der Waals surface area (Å²) < 4.78 is 12.4. The van der Waals surface area contributed by atoms with Gasteiger partial charge in [-0.05, 0) is 93.7 Å². The van der Waals surface area contributed by atoms with E-state index in [1.165, 1.54) is 6.42 Å². The Morgan fingerprint density at radius 3 is 2.73 bits per heavy atom. The van der Waals surface area contributed by atoms with E-state index in [4.69, 9.17) is 21.1 Å². The largest absolute Gasteiger partial charge is 0.508 e. The maximum Gasteiger partial charge on any atom is 0.315 e. The Balaban J connectivity index is 1.13. The second kappa shape index (κ2) is 14.3. The number of hydrogen-bond acceptors (Lipinski definition) is 6. The number of benzene rings is 1. The highest BCUT2D eigenvalue weighted by Crippen LogP contribution is 2.56. The second-order valence-electron chi connectivity index (χ2n) is 14.8. The van der Waals surface area contributed by atoms with Gasteiger partial charge in [0.25, 0.3) is 0 Å². The summed E-state index contributed by atoms with van der Waals surface area (Å²) in [6.45, 7) is 9.32. The molecule has 3 heterocycles. The van der Waals surface area contributed by atoms with Crippen molar-refractivity contribution in [1.82, 2.24) is 10.6 Å². The molecule has 1 saturated carbocycles. The number of aromatic hydroxyl groups is 1. The minimum Gasteiger partial charge on any atom is -0.508 e. The summed E-state index contributed by atoms with van der Waals surface area (Å²) in [6, 6.07) is 4.55. The molecule has 2 saturated heterocycles. The van der Waals surface area contributed by atoms with Crippen LogP contribution in [-0.4, -0.2) is 58.3 Å². The minimum absolute atomic E-state index is 0.0558. The van der Waals surface area contributed by atoms with Crippen LogP contribution in [0.2, 0.25) is 0 Å². The van der Waals surface area contributed by atoms with Crippen molar-refractivity contribution < 1.29 is 24.2 Å². The van der Waals surface area contributed by atoms with Gasteiger partial charge in [-0.1, -0.05) is 39.5 Å². The predicted octanol–water partition coefficient (Wildman–Crippen LogP) is 7.80. The van der Waals surface area contributed by atoms with E-state index in [9.17, 15) is 14.7 Å². The Bertz CT molecular complexity index is 1180. The summed E-state index contributed by atoms with van der Waals surface area (Å²) in [4.78, 5) is 24.2. The average Bonchev–Trinajstić information content (AvgIpc) is 3.52. The Morgan fingerprint density at radius 2 is 1.93 bits per heavy atom. The quantitative estimate of drug-likeness (QED) is 0.0824. The Morgan fingerprint density at radius 1 is 1.14 bits per heavy atom. The number of phenols is 1. The molecule has 7 nitrogen and oxygen atoms in total. The fourth-order valence-corrected chi connectivity index (χ4v) is 9.81. The first kappa shape index (κ1) is 33.6. The van der Waals surface area contributed by atoms with Crippen LogP contribution in [0.15, 0.2) is 12.1 Å². The molecule has 3 N–H and O–H groups in total. The number of rotatable bonds is 14. The van der Waals surface area contributed by atoms with Gasteiger partial charge in [0.2, 0.25) is 0 Å². The monoisotopic (exact) mass is 648 g/mol.